The maximum Gasteiger partial charge on any atom is 0.325 e. The molecule has 1 aromatic rings. The van der Waals surface area contributed by atoms with Crippen LogP contribution in [0.4, 0.5) is 10.5 Å². The molecule has 3 amide bonds. The number of nitro groups is 1. The van der Waals surface area contributed by atoms with Crippen LogP contribution in [0.15, 0.2) is 24.3 Å². The minimum Gasteiger partial charge on any atom is -0.329 e. The molecule has 1 atom stereocenters. The van der Waals surface area contributed by atoms with Gasteiger partial charge in [0, 0.05) is 25.2 Å². The Labute approximate surface area is 114 Å². The van der Waals surface area contributed by atoms with Crippen molar-refractivity contribution in [1.29, 1.82) is 0 Å². The van der Waals surface area contributed by atoms with Gasteiger partial charge >= 0.3 is 6.03 Å². The molecule has 3 N–H and O–H groups in total. The summed E-state index contributed by atoms with van der Waals surface area (Å²) < 4.78 is 0. The van der Waals surface area contributed by atoms with Crippen molar-refractivity contribution in [3.63, 3.8) is 0 Å². The van der Waals surface area contributed by atoms with Gasteiger partial charge in [-0.3, -0.25) is 19.8 Å². The second kappa shape index (κ2) is 4.89. The molecule has 8 heteroatoms. The molecule has 0 spiro atoms. The number of benzene rings is 1. The lowest BCUT2D eigenvalue weighted by atomic mass is 9.91. The molecule has 1 fully saturated rings. The fraction of sp³-hybridized carbons (Fsp3) is 0.333. The first-order chi connectivity index (χ1) is 9.40. The zero-order valence-electron chi connectivity index (χ0n) is 10.8. The first-order valence-electron chi connectivity index (χ1n) is 5.99. The maximum absolute atomic E-state index is 12.3. The second-order valence-electron chi connectivity index (χ2n) is 4.61. The summed E-state index contributed by atoms with van der Waals surface area (Å²) in [6, 6.07) is 5.10. The lowest BCUT2D eigenvalue weighted by Crippen LogP contribution is -2.41. The molecule has 1 aliphatic rings. The molecule has 0 saturated carbocycles. The van der Waals surface area contributed by atoms with Gasteiger partial charge in [0.15, 0.2) is 0 Å². The van der Waals surface area contributed by atoms with Gasteiger partial charge in [0.1, 0.15) is 5.54 Å². The van der Waals surface area contributed by atoms with Gasteiger partial charge in [-0.1, -0.05) is 12.1 Å². The van der Waals surface area contributed by atoms with Crippen LogP contribution in [0.2, 0.25) is 0 Å². The molecule has 106 valence electrons. The lowest BCUT2D eigenvalue weighted by Gasteiger charge is -2.21. The molecule has 0 bridgehead atoms. The molecule has 20 heavy (non-hydrogen) atoms. The van der Waals surface area contributed by atoms with Gasteiger partial charge in [0.2, 0.25) is 0 Å². The van der Waals surface area contributed by atoms with Gasteiger partial charge in [-0.2, -0.15) is 0 Å². The number of non-ortho nitro benzene ring substituents is 1. The number of nitro benzene ring substituents is 1. The number of hydrogen-bond acceptors (Lipinski definition) is 5. The standard InChI is InChI=1S/C12H14N4O4/c1-12(8-3-2-4-9(7-8)16(19)20)10(17)15(6-5-13)11(18)14-12/h2-4,7H,5-6,13H2,1H3,(H,14,18). The van der Waals surface area contributed by atoms with Crippen LogP contribution >= 0.6 is 0 Å². The fourth-order valence-corrected chi connectivity index (χ4v) is 2.16. The van der Waals surface area contributed by atoms with E-state index in [2.05, 4.69) is 5.32 Å². The van der Waals surface area contributed by atoms with Crippen LogP contribution in [0.3, 0.4) is 0 Å². The van der Waals surface area contributed by atoms with E-state index < -0.39 is 22.4 Å². The number of nitrogens with zero attached hydrogens (tertiary/aromatic N) is 2. The molecule has 1 unspecified atom stereocenters. The summed E-state index contributed by atoms with van der Waals surface area (Å²) in [5.41, 5.74) is 4.28. The van der Waals surface area contributed by atoms with Crippen LogP contribution in [0.25, 0.3) is 0 Å². The van der Waals surface area contributed by atoms with Crippen molar-refractivity contribution < 1.29 is 14.5 Å². The number of urea groups is 1. The van der Waals surface area contributed by atoms with Crippen molar-refractivity contribution in [2.24, 2.45) is 5.73 Å². The van der Waals surface area contributed by atoms with Gasteiger partial charge in [0.25, 0.3) is 11.6 Å². The zero-order valence-corrected chi connectivity index (χ0v) is 10.8. The van der Waals surface area contributed by atoms with Crippen LogP contribution < -0.4 is 11.1 Å². The largest absolute Gasteiger partial charge is 0.329 e. The van der Waals surface area contributed by atoms with Gasteiger partial charge < -0.3 is 11.1 Å². The van der Waals surface area contributed by atoms with Gasteiger partial charge in [-0.25, -0.2) is 4.79 Å². The van der Waals surface area contributed by atoms with Crippen molar-refractivity contribution in [3.05, 3.63) is 39.9 Å². The Morgan fingerprint density at radius 2 is 2.15 bits per heavy atom. The lowest BCUT2D eigenvalue weighted by molar-refractivity contribution is -0.385. The normalized spacial score (nSPS) is 22.0. The quantitative estimate of drug-likeness (QED) is 0.467. The minimum absolute atomic E-state index is 0.106. The van der Waals surface area contributed by atoms with Gasteiger partial charge in [-0.15, -0.1) is 0 Å². The highest BCUT2D eigenvalue weighted by Crippen LogP contribution is 2.30. The highest BCUT2D eigenvalue weighted by Gasteiger charge is 2.48. The average Bonchev–Trinajstić information content (AvgIpc) is 2.64. The second-order valence-corrected chi connectivity index (χ2v) is 4.61. The Hall–Kier alpha value is -2.48. The van der Waals surface area contributed by atoms with Crippen LogP contribution in [-0.2, 0) is 10.3 Å². The van der Waals surface area contributed by atoms with Crippen molar-refractivity contribution in [3.8, 4) is 0 Å². The van der Waals surface area contributed by atoms with E-state index in [4.69, 9.17) is 5.73 Å². The Balaban J connectivity index is 2.41. The number of amides is 3. The van der Waals surface area contributed by atoms with E-state index in [0.717, 1.165) is 4.90 Å². The van der Waals surface area contributed by atoms with E-state index in [0.29, 0.717) is 5.56 Å². The predicted molar refractivity (Wildman–Crippen MR) is 69.7 cm³/mol. The molecule has 2 rings (SSSR count). The maximum atomic E-state index is 12.3. The van der Waals surface area contributed by atoms with Crippen molar-refractivity contribution in [1.82, 2.24) is 10.2 Å². The molecule has 1 aliphatic heterocycles. The van der Waals surface area contributed by atoms with Gasteiger partial charge in [-0.05, 0) is 12.5 Å². The van der Waals surface area contributed by atoms with Crippen LogP contribution in [0.5, 0.6) is 0 Å². The minimum atomic E-state index is -1.31. The number of imide groups is 1. The van der Waals surface area contributed by atoms with E-state index in [9.17, 15) is 19.7 Å². The Morgan fingerprint density at radius 1 is 1.45 bits per heavy atom. The summed E-state index contributed by atoms with van der Waals surface area (Å²) in [5.74, 6) is -0.464. The topological polar surface area (TPSA) is 119 Å². The molecule has 8 nitrogen and oxygen atoms in total. The first-order valence-corrected chi connectivity index (χ1v) is 5.99. The van der Waals surface area contributed by atoms with Crippen LogP contribution in [0.1, 0.15) is 12.5 Å². The Bertz CT molecular complexity index is 589. The molecule has 1 saturated heterocycles. The van der Waals surface area contributed by atoms with Crippen molar-refractivity contribution in [2.45, 2.75) is 12.5 Å². The summed E-state index contributed by atoms with van der Waals surface area (Å²) >= 11 is 0. The first kappa shape index (κ1) is 13.9. The summed E-state index contributed by atoms with van der Waals surface area (Å²) in [7, 11) is 0. The highest BCUT2D eigenvalue weighted by molar-refractivity contribution is 6.07. The summed E-state index contributed by atoms with van der Waals surface area (Å²) in [4.78, 5) is 35.4. The van der Waals surface area contributed by atoms with Crippen molar-refractivity contribution >= 4 is 17.6 Å². The highest BCUT2D eigenvalue weighted by atomic mass is 16.6. The van der Waals surface area contributed by atoms with E-state index in [1.807, 2.05) is 0 Å². The van der Waals surface area contributed by atoms with Crippen LogP contribution in [-0.4, -0.2) is 34.9 Å². The van der Waals surface area contributed by atoms with E-state index in [-0.39, 0.29) is 18.8 Å². The number of nitrogens with one attached hydrogen (secondary N) is 1. The molecular formula is C12H14N4O4. The average molecular weight is 278 g/mol. The van der Waals surface area contributed by atoms with E-state index >= 15 is 0 Å². The summed E-state index contributed by atoms with van der Waals surface area (Å²) in [5, 5.41) is 13.3. The van der Waals surface area contributed by atoms with Gasteiger partial charge in [0.05, 0.1) is 4.92 Å². The third-order valence-electron chi connectivity index (χ3n) is 3.26. The van der Waals surface area contributed by atoms with Crippen LogP contribution in [0, 0.1) is 10.1 Å². The smallest absolute Gasteiger partial charge is 0.325 e. The Morgan fingerprint density at radius 3 is 2.75 bits per heavy atom. The Kier molecular flexibility index (Phi) is 3.41. The third-order valence-corrected chi connectivity index (χ3v) is 3.26. The number of carbonyl (C=O) groups is 2. The molecule has 1 heterocycles. The molecule has 0 radical (unpaired) electrons. The number of nitrogens with two attached hydrogens (primary N) is 1. The molecule has 0 aliphatic carbocycles. The fourth-order valence-electron chi connectivity index (χ4n) is 2.16. The van der Waals surface area contributed by atoms with Crippen molar-refractivity contribution in [2.75, 3.05) is 13.1 Å². The summed E-state index contributed by atoms with van der Waals surface area (Å²) in [6.07, 6.45) is 0. The predicted octanol–water partition coefficient (Wildman–Crippen LogP) is 0.321. The third kappa shape index (κ3) is 2.10. The zero-order chi connectivity index (χ0) is 14.9. The number of carbonyl (C=O) groups excluding carboxylic acids is 2. The molecule has 1 aromatic carbocycles. The number of hydrogen-bond donors (Lipinski definition) is 2. The van der Waals surface area contributed by atoms with E-state index in [1.54, 1.807) is 6.07 Å². The monoisotopic (exact) mass is 278 g/mol. The van der Waals surface area contributed by atoms with E-state index in [1.165, 1.54) is 25.1 Å². The summed E-state index contributed by atoms with van der Waals surface area (Å²) in [6.45, 7) is 1.78. The number of rotatable bonds is 4. The molecular weight excluding hydrogens is 264 g/mol. The SMILES string of the molecule is CC1(c2cccc([N+](=O)[O-])c2)NC(=O)N(CCN)C1=O. The molecule has 0 aromatic heterocycles.